The number of esters is 2. The van der Waals surface area contributed by atoms with Crippen molar-refractivity contribution in [3.8, 4) is 34.5 Å². The molecule has 0 N–H and O–H groups in total. The molecule has 2 fully saturated rings. The third kappa shape index (κ3) is 6.92. The number of hydrogen-bond donors (Lipinski definition) is 0. The number of rotatable bonds is 12. The van der Waals surface area contributed by atoms with Crippen LogP contribution in [-0.2, 0) is 28.4 Å². The summed E-state index contributed by atoms with van der Waals surface area (Å²) in [5.41, 5.74) is 0.861. The van der Waals surface area contributed by atoms with Gasteiger partial charge in [0.25, 0.3) is 0 Å². The molecule has 0 radical (unpaired) electrons. The van der Waals surface area contributed by atoms with Crippen LogP contribution >= 0.6 is 0 Å². The zero-order valence-electron chi connectivity index (χ0n) is 27.6. The minimum Gasteiger partial charge on any atom is -0.493 e. The van der Waals surface area contributed by atoms with Crippen LogP contribution in [0.1, 0.15) is 32.6 Å². The number of hydrogen-bond acceptors (Lipinski definition) is 14. The Kier molecular flexibility index (Phi) is 11.1. The predicted octanol–water partition coefficient (Wildman–Crippen LogP) is 3.97. The number of carbonyl (C=O) groups excluding carboxylic acids is 2. The van der Waals surface area contributed by atoms with Crippen LogP contribution in [0.3, 0.4) is 0 Å². The van der Waals surface area contributed by atoms with Gasteiger partial charge < -0.3 is 56.8 Å². The number of ether oxygens (including phenoxy) is 12. The number of benzene rings is 3. The van der Waals surface area contributed by atoms with Crippen molar-refractivity contribution in [2.45, 2.75) is 37.0 Å². The molecule has 2 aliphatic rings. The van der Waals surface area contributed by atoms with Gasteiger partial charge in [0.15, 0.2) is 47.8 Å². The first kappa shape index (κ1) is 34.6. The van der Waals surface area contributed by atoms with Crippen molar-refractivity contribution in [2.24, 2.45) is 0 Å². The van der Waals surface area contributed by atoms with Gasteiger partial charge in [0.1, 0.15) is 12.2 Å². The van der Waals surface area contributed by atoms with Crippen molar-refractivity contribution < 1.29 is 66.4 Å². The van der Waals surface area contributed by atoms with E-state index >= 15 is 0 Å². The Morgan fingerprint density at radius 3 is 1.54 bits per heavy atom. The first-order chi connectivity index (χ1) is 23.3. The maximum atomic E-state index is 13.9. The summed E-state index contributed by atoms with van der Waals surface area (Å²) in [6.07, 6.45) is -6.30. The fraction of sp³-hybridized carbons (Fsp3) is 0.412. The maximum Gasteiger partial charge on any atom is 0.339 e. The van der Waals surface area contributed by atoms with Crippen LogP contribution < -0.4 is 28.4 Å². The van der Waals surface area contributed by atoms with Crippen molar-refractivity contribution in [3.05, 3.63) is 71.3 Å². The molecule has 0 saturated carbocycles. The summed E-state index contributed by atoms with van der Waals surface area (Å²) in [4.78, 5) is 27.6. The lowest BCUT2D eigenvalue weighted by Gasteiger charge is -2.47. The molecule has 0 aliphatic carbocycles. The summed E-state index contributed by atoms with van der Waals surface area (Å²) in [5.74, 6) is -0.0984. The topological polar surface area (TPSA) is 145 Å². The van der Waals surface area contributed by atoms with Gasteiger partial charge in [-0.1, -0.05) is 30.3 Å². The lowest BCUT2D eigenvalue weighted by atomic mass is 9.97. The number of methoxy groups -OCH3 is 7. The Labute approximate surface area is 277 Å². The van der Waals surface area contributed by atoms with Crippen LogP contribution in [0.5, 0.6) is 34.5 Å². The van der Waals surface area contributed by atoms with E-state index < -0.39 is 48.9 Å². The molecule has 0 spiro atoms. The maximum absolute atomic E-state index is 13.9. The van der Waals surface area contributed by atoms with Crippen molar-refractivity contribution in [1.29, 1.82) is 0 Å². The largest absolute Gasteiger partial charge is 0.493 e. The van der Waals surface area contributed by atoms with Gasteiger partial charge in [-0.3, -0.25) is 0 Å². The van der Waals surface area contributed by atoms with Gasteiger partial charge in [0.2, 0.25) is 11.5 Å². The quantitative estimate of drug-likeness (QED) is 0.256. The van der Waals surface area contributed by atoms with Gasteiger partial charge in [0, 0.05) is 12.7 Å². The highest BCUT2D eigenvalue weighted by Crippen LogP contribution is 2.41. The Bertz CT molecular complexity index is 1530. The number of fused-ring (bicyclic) bond motifs is 1. The average molecular weight is 671 g/mol. The monoisotopic (exact) mass is 670 g/mol. The molecule has 5 rings (SSSR count). The van der Waals surface area contributed by atoms with E-state index in [0.717, 1.165) is 5.56 Å². The van der Waals surface area contributed by atoms with Crippen molar-refractivity contribution in [3.63, 3.8) is 0 Å². The third-order valence-electron chi connectivity index (χ3n) is 7.87. The second kappa shape index (κ2) is 15.4. The van der Waals surface area contributed by atoms with Crippen molar-refractivity contribution in [1.82, 2.24) is 0 Å². The van der Waals surface area contributed by atoms with E-state index in [-0.39, 0.29) is 52.2 Å². The molecule has 2 aliphatic heterocycles. The highest BCUT2D eigenvalue weighted by Gasteiger charge is 2.54. The molecular weight excluding hydrogens is 632 g/mol. The Balaban J connectivity index is 1.53. The molecule has 2 saturated heterocycles. The molecule has 14 heteroatoms. The second-order valence-electron chi connectivity index (χ2n) is 10.5. The van der Waals surface area contributed by atoms with Gasteiger partial charge in [0.05, 0.1) is 60.4 Å². The molecule has 0 aromatic heterocycles. The van der Waals surface area contributed by atoms with E-state index in [9.17, 15) is 9.59 Å². The van der Waals surface area contributed by atoms with Crippen molar-refractivity contribution >= 4 is 11.9 Å². The summed E-state index contributed by atoms with van der Waals surface area (Å²) in [6.45, 7) is 0.0653. The van der Waals surface area contributed by atoms with Crippen LogP contribution in [0, 0.1) is 0 Å². The first-order valence-electron chi connectivity index (χ1n) is 14.8. The molecular formula is C34H38O14. The van der Waals surface area contributed by atoms with Crippen LogP contribution in [0.15, 0.2) is 54.6 Å². The molecule has 3 aromatic rings. The van der Waals surface area contributed by atoms with Crippen LogP contribution in [0.25, 0.3) is 0 Å². The van der Waals surface area contributed by atoms with E-state index in [1.54, 1.807) is 0 Å². The van der Waals surface area contributed by atoms with Gasteiger partial charge in [-0.2, -0.15) is 0 Å². The average Bonchev–Trinajstić information content (AvgIpc) is 3.13. The molecule has 2 heterocycles. The third-order valence-corrected chi connectivity index (χ3v) is 7.87. The van der Waals surface area contributed by atoms with Crippen LogP contribution in [0.2, 0.25) is 0 Å². The van der Waals surface area contributed by atoms with E-state index in [4.69, 9.17) is 56.8 Å². The van der Waals surface area contributed by atoms with E-state index in [1.165, 1.54) is 74.0 Å². The second-order valence-corrected chi connectivity index (χ2v) is 10.5. The van der Waals surface area contributed by atoms with Crippen LogP contribution in [0.4, 0.5) is 0 Å². The smallest absolute Gasteiger partial charge is 0.339 e. The zero-order chi connectivity index (χ0) is 34.4. The van der Waals surface area contributed by atoms with Crippen molar-refractivity contribution in [2.75, 3.05) is 56.4 Å². The van der Waals surface area contributed by atoms with Gasteiger partial charge in [-0.25, -0.2) is 9.59 Å². The highest BCUT2D eigenvalue weighted by atomic mass is 16.8. The van der Waals surface area contributed by atoms with Crippen LogP contribution in [-0.4, -0.2) is 99.0 Å². The summed E-state index contributed by atoms with van der Waals surface area (Å²) >= 11 is 0. The standard InChI is InChI=1S/C34H38O14/c1-37-21-13-19(14-22(38-2)26(21)41-5)31(35)46-29-28-25(17-44-33(48-28)18-11-9-8-10-12-18)45-34(43-7)30(29)47-32(36)20-15-23(39-3)27(42-6)24(16-20)40-4/h8-16,25,28-30,33-34H,17H2,1-7H3/t25-,28-,29+,30-,33?,34+/m1/s1. The lowest BCUT2D eigenvalue weighted by molar-refractivity contribution is -0.356. The van der Waals surface area contributed by atoms with E-state index in [0.29, 0.717) is 0 Å². The van der Waals surface area contributed by atoms with E-state index in [1.807, 2.05) is 30.3 Å². The molecule has 48 heavy (non-hydrogen) atoms. The minimum atomic E-state index is -1.32. The van der Waals surface area contributed by atoms with Gasteiger partial charge >= 0.3 is 11.9 Å². The fourth-order valence-electron chi connectivity index (χ4n) is 5.56. The summed E-state index contributed by atoms with van der Waals surface area (Å²) in [5, 5.41) is 0. The summed E-state index contributed by atoms with van der Waals surface area (Å²) < 4.78 is 68.7. The van der Waals surface area contributed by atoms with E-state index in [2.05, 4.69) is 0 Å². The fourth-order valence-corrected chi connectivity index (χ4v) is 5.56. The molecule has 3 aromatic carbocycles. The molecule has 258 valence electrons. The Morgan fingerprint density at radius 1 is 0.625 bits per heavy atom. The van der Waals surface area contributed by atoms with Gasteiger partial charge in [-0.05, 0) is 24.3 Å². The number of carbonyl (C=O) groups is 2. The minimum absolute atomic E-state index is 0.0613. The lowest BCUT2D eigenvalue weighted by Crippen LogP contribution is -2.64. The highest BCUT2D eigenvalue weighted by molar-refractivity contribution is 5.92. The Hall–Kier alpha value is -4.76. The Morgan fingerprint density at radius 2 is 1.10 bits per heavy atom. The van der Waals surface area contributed by atoms with Gasteiger partial charge in [-0.15, -0.1) is 0 Å². The molecule has 0 amide bonds. The molecule has 14 nitrogen and oxygen atoms in total. The molecule has 0 bridgehead atoms. The first-order valence-corrected chi connectivity index (χ1v) is 14.8. The predicted molar refractivity (Wildman–Crippen MR) is 166 cm³/mol. The SMILES string of the molecule is COc1cc(C(=O)O[C@@H]2[C@@H](OC(=O)c3cc(OC)c(OC)c(OC)c3)[C@@H](OC)O[C@@H]3COC(c4ccccc4)O[C@@H]23)cc(OC)c1OC. The molecule has 6 atom stereocenters. The summed E-state index contributed by atoms with van der Waals surface area (Å²) in [6, 6.07) is 15.0. The molecule has 1 unspecified atom stereocenters. The normalized spacial score (nSPS) is 23.2. The zero-order valence-corrected chi connectivity index (χ0v) is 27.6. The summed E-state index contributed by atoms with van der Waals surface area (Å²) in [7, 11) is 9.97.